The smallest absolute Gasteiger partial charge is 0.183 e. The Kier molecular flexibility index (Phi) is 5.61. The summed E-state index contributed by atoms with van der Waals surface area (Å²) in [6.07, 6.45) is 1.56. The summed E-state index contributed by atoms with van der Waals surface area (Å²) in [5.41, 5.74) is 1.32. The van der Waals surface area contributed by atoms with Crippen molar-refractivity contribution in [3.05, 3.63) is 42.2 Å². The first-order valence-corrected chi connectivity index (χ1v) is 7.90. The van der Waals surface area contributed by atoms with Crippen LogP contribution in [0.25, 0.3) is 0 Å². The molecule has 1 heterocycles. The second kappa shape index (κ2) is 7.45. The van der Waals surface area contributed by atoms with Gasteiger partial charge in [0.2, 0.25) is 0 Å². The van der Waals surface area contributed by atoms with Crippen LogP contribution in [-0.4, -0.2) is 27.0 Å². The molecule has 0 spiro atoms. The first-order chi connectivity index (χ1) is 9.72. The SMILES string of the molecule is CCNC(c1ccccc1)C(Sc1ncn[nH]1)C(C)C. The molecule has 1 aromatic heterocycles. The number of H-pyrrole nitrogens is 1. The average molecular weight is 290 g/mol. The van der Waals surface area contributed by atoms with Gasteiger partial charge in [0.15, 0.2) is 5.16 Å². The quantitative estimate of drug-likeness (QED) is 0.768. The maximum atomic E-state index is 4.24. The minimum atomic E-state index is 0.302. The summed E-state index contributed by atoms with van der Waals surface area (Å²) in [7, 11) is 0. The highest BCUT2D eigenvalue weighted by Gasteiger charge is 2.27. The summed E-state index contributed by atoms with van der Waals surface area (Å²) in [6, 6.07) is 10.9. The molecule has 0 saturated heterocycles. The Labute approximate surface area is 124 Å². The third-order valence-electron chi connectivity index (χ3n) is 3.21. The Hall–Kier alpha value is -1.33. The van der Waals surface area contributed by atoms with E-state index in [-0.39, 0.29) is 0 Å². The van der Waals surface area contributed by atoms with E-state index in [0.717, 1.165) is 11.7 Å². The summed E-state index contributed by atoms with van der Waals surface area (Å²) in [4.78, 5) is 4.24. The van der Waals surface area contributed by atoms with Crippen LogP contribution in [0.2, 0.25) is 0 Å². The highest BCUT2D eigenvalue weighted by Crippen LogP contribution is 2.35. The van der Waals surface area contributed by atoms with E-state index in [9.17, 15) is 0 Å². The summed E-state index contributed by atoms with van der Waals surface area (Å²) in [5, 5.41) is 11.8. The fraction of sp³-hybridized carbons (Fsp3) is 0.467. The lowest BCUT2D eigenvalue weighted by atomic mass is 9.96. The molecule has 2 atom stereocenters. The van der Waals surface area contributed by atoms with E-state index in [1.807, 2.05) is 0 Å². The molecule has 20 heavy (non-hydrogen) atoms. The molecule has 1 aromatic carbocycles. The Balaban J connectivity index is 2.23. The lowest BCUT2D eigenvalue weighted by molar-refractivity contribution is 0.452. The number of hydrogen-bond donors (Lipinski definition) is 2. The van der Waals surface area contributed by atoms with Crippen LogP contribution in [0.3, 0.4) is 0 Å². The van der Waals surface area contributed by atoms with E-state index in [0.29, 0.717) is 17.2 Å². The van der Waals surface area contributed by atoms with Crippen LogP contribution in [0.5, 0.6) is 0 Å². The Bertz CT molecular complexity index is 484. The molecule has 0 bridgehead atoms. The molecule has 0 amide bonds. The molecule has 0 aliphatic rings. The topological polar surface area (TPSA) is 53.6 Å². The van der Waals surface area contributed by atoms with Gasteiger partial charge >= 0.3 is 0 Å². The summed E-state index contributed by atoms with van der Waals surface area (Å²) in [6.45, 7) is 7.59. The predicted octanol–water partition coefficient (Wildman–Crippen LogP) is 3.27. The zero-order valence-corrected chi connectivity index (χ0v) is 13.0. The van der Waals surface area contributed by atoms with E-state index in [2.05, 4.69) is 71.6 Å². The standard InChI is InChI=1S/C15H22N4S/c1-4-16-13(12-8-6-5-7-9-12)14(11(2)3)20-15-17-10-18-19-15/h5-11,13-14,16H,4H2,1-3H3,(H,17,18,19). The van der Waals surface area contributed by atoms with E-state index < -0.39 is 0 Å². The maximum Gasteiger partial charge on any atom is 0.183 e. The van der Waals surface area contributed by atoms with Gasteiger partial charge in [-0.3, -0.25) is 5.10 Å². The lowest BCUT2D eigenvalue weighted by Crippen LogP contribution is -2.33. The Morgan fingerprint density at radius 3 is 2.55 bits per heavy atom. The Morgan fingerprint density at radius 2 is 2.00 bits per heavy atom. The minimum absolute atomic E-state index is 0.302. The first kappa shape index (κ1) is 15.1. The van der Waals surface area contributed by atoms with Gasteiger partial charge in [-0.25, -0.2) is 4.98 Å². The van der Waals surface area contributed by atoms with Gasteiger partial charge in [0, 0.05) is 11.3 Å². The van der Waals surface area contributed by atoms with Crippen LogP contribution in [0.4, 0.5) is 0 Å². The zero-order chi connectivity index (χ0) is 14.4. The van der Waals surface area contributed by atoms with Gasteiger partial charge in [0.05, 0.1) is 0 Å². The molecule has 0 fully saturated rings. The van der Waals surface area contributed by atoms with Crippen molar-refractivity contribution in [2.24, 2.45) is 5.92 Å². The number of nitrogens with one attached hydrogen (secondary N) is 2. The number of thioether (sulfide) groups is 1. The molecule has 5 heteroatoms. The van der Waals surface area contributed by atoms with Gasteiger partial charge in [-0.2, -0.15) is 5.10 Å². The van der Waals surface area contributed by atoms with Crippen LogP contribution in [0, 0.1) is 5.92 Å². The van der Waals surface area contributed by atoms with Gasteiger partial charge in [-0.15, -0.1) is 0 Å². The third-order valence-corrected chi connectivity index (χ3v) is 4.72. The fourth-order valence-corrected chi connectivity index (χ4v) is 3.41. The molecule has 2 unspecified atom stereocenters. The molecule has 4 nitrogen and oxygen atoms in total. The number of nitrogens with zero attached hydrogens (tertiary/aromatic N) is 2. The van der Waals surface area contributed by atoms with Crippen LogP contribution < -0.4 is 5.32 Å². The third kappa shape index (κ3) is 3.84. The molecule has 0 aliphatic heterocycles. The number of aromatic amines is 1. The summed E-state index contributed by atoms with van der Waals surface area (Å²) < 4.78 is 0. The molecule has 2 N–H and O–H groups in total. The molecule has 0 radical (unpaired) electrons. The highest BCUT2D eigenvalue weighted by molar-refractivity contribution is 7.99. The van der Waals surface area contributed by atoms with Crippen LogP contribution in [-0.2, 0) is 0 Å². The van der Waals surface area contributed by atoms with Crippen molar-refractivity contribution < 1.29 is 0 Å². The van der Waals surface area contributed by atoms with E-state index in [4.69, 9.17) is 0 Å². The highest BCUT2D eigenvalue weighted by atomic mass is 32.2. The zero-order valence-electron chi connectivity index (χ0n) is 12.2. The molecule has 0 saturated carbocycles. The molecule has 0 aliphatic carbocycles. The van der Waals surface area contributed by atoms with Gasteiger partial charge in [-0.05, 0) is 18.0 Å². The molecular formula is C15H22N4S. The van der Waals surface area contributed by atoms with Crippen molar-refractivity contribution in [2.75, 3.05) is 6.54 Å². The van der Waals surface area contributed by atoms with E-state index >= 15 is 0 Å². The van der Waals surface area contributed by atoms with Gasteiger partial charge in [0.25, 0.3) is 0 Å². The van der Waals surface area contributed by atoms with Gasteiger partial charge in [-0.1, -0.05) is 62.9 Å². The average Bonchev–Trinajstić information content (AvgIpc) is 2.96. The van der Waals surface area contributed by atoms with Crippen molar-refractivity contribution in [3.63, 3.8) is 0 Å². The van der Waals surface area contributed by atoms with Gasteiger partial charge in [0.1, 0.15) is 6.33 Å². The van der Waals surface area contributed by atoms with Gasteiger partial charge < -0.3 is 5.32 Å². The lowest BCUT2D eigenvalue weighted by Gasteiger charge is -2.30. The van der Waals surface area contributed by atoms with Crippen molar-refractivity contribution in [3.8, 4) is 0 Å². The second-order valence-electron chi connectivity index (χ2n) is 5.06. The number of aromatic nitrogens is 3. The molecular weight excluding hydrogens is 268 g/mol. The molecule has 108 valence electrons. The molecule has 2 aromatic rings. The van der Waals surface area contributed by atoms with Crippen molar-refractivity contribution in [1.82, 2.24) is 20.5 Å². The van der Waals surface area contributed by atoms with E-state index in [1.54, 1.807) is 18.1 Å². The van der Waals surface area contributed by atoms with Crippen molar-refractivity contribution in [1.29, 1.82) is 0 Å². The Morgan fingerprint density at radius 1 is 1.25 bits per heavy atom. The minimum Gasteiger partial charge on any atom is -0.309 e. The number of rotatable bonds is 7. The fourth-order valence-electron chi connectivity index (χ4n) is 2.27. The predicted molar refractivity (Wildman–Crippen MR) is 83.7 cm³/mol. The summed E-state index contributed by atoms with van der Waals surface area (Å²) in [5.74, 6) is 0.523. The van der Waals surface area contributed by atoms with E-state index in [1.165, 1.54) is 5.56 Å². The summed E-state index contributed by atoms with van der Waals surface area (Å²) >= 11 is 1.75. The van der Waals surface area contributed by atoms with Crippen molar-refractivity contribution >= 4 is 11.8 Å². The van der Waals surface area contributed by atoms with Crippen LogP contribution in [0.1, 0.15) is 32.4 Å². The number of hydrogen-bond acceptors (Lipinski definition) is 4. The maximum absolute atomic E-state index is 4.24. The normalized spacial score (nSPS) is 14.4. The first-order valence-electron chi connectivity index (χ1n) is 7.02. The largest absolute Gasteiger partial charge is 0.309 e. The van der Waals surface area contributed by atoms with Crippen LogP contribution in [0.15, 0.2) is 41.8 Å². The number of benzene rings is 1. The van der Waals surface area contributed by atoms with Crippen LogP contribution >= 0.6 is 11.8 Å². The second-order valence-corrected chi connectivity index (χ2v) is 6.23. The molecule has 2 rings (SSSR count). The van der Waals surface area contributed by atoms with Crippen molar-refractivity contribution in [2.45, 2.75) is 37.2 Å². The monoisotopic (exact) mass is 290 g/mol.